The minimum atomic E-state index is -0.666. The molecule has 0 atom stereocenters. The van der Waals surface area contributed by atoms with Crippen molar-refractivity contribution in [2.24, 2.45) is 5.73 Å². The average Bonchev–Trinajstić information content (AvgIpc) is 2.77. The van der Waals surface area contributed by atoms with E-state index < -0.39 is 17.2 Å². The minimum Gasteiger partial charge on any atom is -0.456 e. The van der Waals surface area contributed by atoms with Crippen LogP contribution in [0.15, 0.2) is 57.5 Å². The zero-order valence-corrected chi connectivity index (χ0v) is 23.3. The second-order valence-corrected chi connectivity index (χ2v) is 8.40. The molecule has 0 fully saturated rings. The number of nitrogens with two attached hydrogens (primary N) is 1. The van der Waals surface area contributed by atoms with Gasteiger partial charge in [-0.2, -0.15) is 0 Å². The molecule has 0 unspecified atom stereocenters. The fraction of sp³-hybridized carbons (Fsp3) is 0.273. The van der Waals surface area contributed by atoms with Gasteiger partial charge in [-0.3, -0.25) is 19.2 Å². The van der Waals surface area contributed by atoms with Crippen LogP contribution in [-0.2, 0) is 41.7 Å². The van der Waals surface area contributed by atoms with Gasteiger partial charge in [0.1, 0.15) is 0 Å². The summed E-state index contributed by atoms with van der Waals surface area (Å²) in [6.07, 6.45) is 0. The molecule has 0 aliphatic heterocycles. The molecule has 0 heterocycles. The highest BCUT2D eigenvalue weighted by atomic mass is 79.9. The smallest absolute Gasteiger partial charge is 0.303 e. The van der Waals surface area contributed by atoms with Crippen LogP contribution in [0.4, 0.5) is 0 Å². The first-order chi connectivity index (χ1) is 15.5. The Bertz CT molecular complexity index is 883. The number of carbonyl (C=O) groups is 4. The monoisotopic (exact) mass is 642 g/mol. The number of amides is 1. The number of benzene rings is 2. The van der Waals surface area contributed by atoms with Crippen LogP contribution >= 0.6 is 55.9 Å². The third kappa shape index (κ3) is 20.6. The third-order valence-corrected chi connectivity index (χ3v) is 4.51. The summed E-state index contributed by atoms with van der Waals surface area (Å²) in [4.78, 5) is 41.4. The highest BCUT2D eigenvalue weighted by Gasteiger charge is 2.03. The predicted octanol–water partition coefficient (Wildman–Crippen LogP) is 4.27. The van der Waals surface area contributed by atoms with Crippen LogP contribution in [-0.4, -0.2) is 36.3 Å². The van der Waals surface area contributed by atoms with Gasteiger partial charge in [0.2, 0.25) is 0 Å². The summed E-state index contributed by atoms with van der Waals surface area (Å²) < 4.78 is 10.8. The van der Waals surface area contributed by atoms with Gasteiger partial charge >= 0.3 is 11.9 Å². The van der Waals surface area contributed by atoms with E-state index in [2.05, 4.69) is 46.7 Å². The van der Waals surface area contributed by atoms with Gasteiger partial charge in [-0.05, 0) is 47.0 Å². The zero-order chi connectivity index (χ0) is 25.2. The van der Waals surface area contributed by atoms with E-state index in [1.165, 1.54) is 19.4 Å². The Morgan fingerprint density at radius 1 is 0.824 bits per heavy atom. The molecule has 3 N–H and O–H groups in total. The lowest BCUT2D eigenvalue weighted by molar-refractivity contribution is -0.146. The Hall–Kier alpha value is -1.98. The Balaban J connectivity index is 0. The highest BCUT2D eigenvalue weighted by molar-refractivity contribution is 9.10. The van der Waals surface area contributed by atoms with Crippen LogP contribution in [0.25, 0.3) is 0 Å². The SMILES string of the molecule is CC(=O)OCC(=O)Cl.CC(=O)OCC(=O)NCc1ccc(Br)cc1.Cl.NCc1ccc(Br)cc1. The predicted molar refractivity (Wildman–Crippen MR) is 139 cm³/mol. The highest BCUT2D eigenvalue weighted by Crippen LogP contribution is 2.10. The zero-order valence-electron chi connectivity index (χ0n) is 18.5. The van der Waals surface area contributed by atoms with Crippen LogP contribution in [0.1, 0.15) is 25.0 Å². The van der Waals surface area contributed by atoms with Gasteiger partial charge in [0, 0.05) is 35.9 Å². The molecule has 34 heavy (non-hydrogen) atoms. The van der Waals surface area contributed by atoms with Crippen molar-refractivity contribution in [2.45, 2.75) is 26.9 Å². The molecule has 0 bridgehead atoms. The van der Waals surface area contributed by atoms with E-state index in [4.69, 9.17) is 17.3 Å². The Labute approximate surface area is 226 Å². The molecular formula is C22H26Br2Cl2N2O6. The summed E-state index contributed by atoms with van der Waals surface area (Å²) in [7, 11) is 0. The lowest BCUT2D eigenvalue weighted by atomic mass is 10.2. The summed E-state index contributed by atoms with van der Waals surface area (Å²) in [6, 6.07) is 15.6. The Morgan fingerprint density at radius 2 is 1.24 bits per heavy atom. The number of carbonyl (C=O) groups excluding carboxylic acids is 4. The van der Waals surface area contributed by atoms with Crippen molar-refractivity contribution in [3.63, 3.8) is 0 Å². The molecule has 0 radical (unpaired) electrons. The number of hydrogen-bond donors (Lipinski definition) is 2. The van der Waals surface area contributed by atoms with Crippen molar-refractivity contribution in [3.05, 3.63) is 68.6 Å². The topological polar surface area (TPSA) is 125 Å². The molecule has 0 aliphatic rings. The molecule has 0 aliphatic carbocycles. The number of rotatable bonds is 7. The fourth-order valence-corrected chi connectivity index (χ4v) is 2.38. The van der Waals surface area contributed by atoms with Crippen molar-refractivity contribution in [1.82, 2.24) is 5.32 Å². The second-order valence-electron chi connectivity index (χ2n) is 6.15. The van der Waals surface area contributed by atoms with Gasteiger partial charge in [-0.25, -0.2) is 0 Å². The third-order valence-electron chi connectivity index (χ3n) is 3.35. The fourth-order valence-electron chi connectivity index (χ4n) is 1.80. The Kier molecular flexibility index (Phi) is 20.5. The van der Waals surface area contributed by atoms with Gasteiger partial charge < -0.3 is 20.5 Å². The van der Waals surface area contributed by atoms with Crippen LogP contribution in [0.2, 0.25) is 0 Å². The van der Waals surface area contributed by atoms with Gasteiger partial charge in [0.15, 0.2) is 13.2 Å². The lowest BCUT2D eigenvalue weighted by Gasteiger charge is -2.05. The lowest BCUT2D eigenvalue weighted by Crippen LogP contribution is -2.27. The van der Waals surface area contributed by atoms with Crippen molar-refractivity contribution in [2.75, 3.05) is 13.2 Å². The Morgan fingerprint density at radius 3 is 1.59 bits per heavy atom. The van der Waals surface area contributed by atoms with E-state index in [0.717, 1.165) is 14.5 Å². The molecule has 0 saturated carbocycles. The van der Waals surface area contributed by atoms with Gasteiger partial charge in [-0.1, -0.05) is 56.1 Å². The molecule has 2 aromatic rings. The molecule has 188 valence electrons. The summed E-state index contributed by atoms with van der Waals surface area (Å²) in [5.41, 5.74) is 7.54. The van der Waals surface area contributed by atoms with Gasteiger partial charge in [-0.15, -0.1) is 12.4 Å². The first-order valence-electron chi connectivity index (χ1n) is 9.44. The number of esters is 2. The summed E-state index contributed by atoms with van der Waals surface area (Å²) in [5, 5.41) is 1.98. The van der Waals surface area contributed by atoms with E-state index in [1.54, 1.807) is 0 Å². The maximum Gasteiger partial charge on any atom is 0.303 e. The molecule has 12 heteroatoms. The first kappa shape index (κ1) is 34.2. The molecule has 2 aromatic carbocycles. The van der Waals surface area contributed by atoms with E-state index in [0.29, 0.717) is 13.1 Å². The molecule has 1 amide bonds. The van der Waals surface area contributed by atoms with Crippen molar-refractivity contribution in [1.29, 1.82) is 0 Å². The van der Waals surface area contributed by atoms with E-state index in [1.807, 2.05) is 48.5 Å². The summed E-state index contributed by atoms with van der Waals surface area (Å²) in [6.45, 7) is 2.95. The van der Waals surface area contributed by atoms with Crippen molar-refractivity contribution < 1.29 is 28.7 Å². The quantitative estimate of drug-likeness (QED) is 0.341. The number of hydrogen-bond acceptors (Lipinski definition) is 7. The molecular weight excluding hydrogens is 619 g/mol. The van der Waals surface area contributed by atoms with Crippen LogP contribution < -0.4 is 11.1 Å². The minimum absolute atomic E-state index is 0. The van der Waals surface area contributed by atoms with E-state index in [9.17, 15) is 19.2 Å². The van der Waals surface area contributed by atoms with Gasteiger partial charge in [0.05, 0.1) is 0 Å². The first-order valence-corrected chi connectivity index (χ1v) is 11.4. The molecule has 0 spiro atoms. The maximum absolute atomic E-state index is 11.2. The van der Waals surface area contributed by atoms with Crippen LogP contribution in [0.3, 0.4) is 0 Å². The number of halogens is 4. The molecule has 2 rings (SSSR count). The molecule has 0 saturated heterocycles. The van der Waals surface area contributed by atoms with Crippen molar-refractivity contribution >= 4 is 79.0 Å². The summed E-state index contributed by atoms with van der Waals surface area (Å²) >= 11 is 11.5. The normalized spacial score (nSPS) is 9.00. The molecule has 8 nitrogen and oxygen atoms in total. The second kappa shape index (κ2) is 20.4. The van der Waals surface area contributed by atoms with Crippen LogP contribution in [0, 0.1) is 0 Å². The van der Waals surface area contributed by atoms with Crippen molar-refractivity contribution in [3.8, 4) is 0 Å². The largest absolute Gasteiger partial charge is 0.456 e. The van der Waals surface area contributed by atoms with E-state index >= 15 is 0 Å². The average molecular weight is 645 g/mol. The van der Waals surface area contributed by atoms with E-state index in [-0.39, 0.29) is 31.5 Å². The standard InChI is InChI=1S/C11H12BrNO3.C7H8BrN.C4H5ClO3.ClH/c1-8(14)16-7-11(15)13-6-9-2-4-10(12)5-3-9;8-7-3-1-6(5-9)2-4-7;1-3(6)8-2-4(5)7;/h2-5H,6-7H2,1H3,(H,13,15);1-4H,5,9H2;2H2,1H3;1H. The summed E-state index contributed by atoms with van der Waals surface area (Å²) in [5.74, 6) is -1.27. The maximum atomic E-state index is 11.2. The molecule has 0 aromatic heterocycles. The number of ether oxygens (including phenoxy) is 2. The van der Waals surface area contributed by atoms with Gasteiger partial charge in [0.25, 0.3) is 11.1 Å². The van der Waals surface area contributed by atoms with Crippen LogP contribution in [0.5, 0.6) is 0 Å². The number of nitrogens with one attached hydrogen (secondary N) is 1.